The van der Waals surface area contributed by atoms with Crippen molar-refractivity contribution >= 4 is 23.5 Å². The van der Waals surface area contributed by atoms with Gasteiger partial charge in [0, 0.05) is 13.1 Å². The molecule has 1 saturated heterocycles. The lowest BCUT2D eigenvalue weighted by Gasteiger charge is -2.32. The van der Waals surface area contributed by atoms with Crippen LogP contribution in [-0.4, -0.2) is 50.0 Å². The summed E-state index contributed by atoms with van der Waals surface area (Å²) in [6.07, 6.45) is 2.82. The number of carboxylic acid groups (broad SMARTS) is 1. The van der Waals surface area contributed by atoms with E-state index in [1.54, 1.807) is 21.7 Å². The van der Waals surface area contributed by atoms with E-state index in [0.717, 1.165) is 5.56 Å². The van der Waals surface area contributed by atoms with Crippen molar-refractivity contribution in [3.63, 3.8) is 0 Å². The molecule has 1 aromatic heterocycles. The molecule has 1 N–H and O–H groups in total. The van der Waals surface area contributed by atoms with Crippen LogP contribution in [0.4, 0.5) is 0 Å². The van der Waals surface area contributed by atoms with Crippen molar-refractivity contribution in [1.29, 1.82) is 0 Å². The number of aromatic nitrogens is 3. The van der Waals surface area contributed by atoms with Crippen LogP contribution in [0.25, 0.3) is 0 Å². The predicted molar refractivity (Wildman–Crippen MR) is 87.3 cm³/mol. The number of amides is 1. The van der Waals surface area contributed by atoms with Gasteiger partial charge in [-0.15, -0.1) is 5.10 Å². The van der Waals surface area contributed by atoms with Crippen LogP contribution in [0.5, 0.6) is 0 Å². The summed E-state index contributed by atoms with van der Waals surface area (Å²) in [7, 11) is 0. The smallest absolute Gasteiger partial charge is 0.358 e. The summed E-state index contributed by atoms with van der Waals surface area (Å²) in [5.74, 6) is -1.17. The highest BCUT2D eigenvalue weighted by atomic mass is 35.5. The number of hydrogen-bond acceptors (Lipinski definition) is 4. The number of piperidine rings is 1. The van der Waals surface area contributed by atoms with E-state index in [1.807, 2.05) is 13.0 Å². The molecule has 0 spiro atoms. The Morgan fingerprint density at radius 3 is 2.58 bits per heavy atom. The van der Waals surface area contributed by atoms with Gasteiger partial charge in [-0.1, -0.05) is 22.9 Å². The van der Waals surface area contributed by atoms with Crippen LogP contribution in [0.2, 0.25) is 5.02 Å². The standard InChI is InChI=1S/C16H17ClN4O3/c1-10-2-3-12(13(17)8-10)15(22)20-6-4-11(5-7-20)21-9-14(16(23)24)18-19-21/h2-3,8-9,11H,4-7H2,1H3,(H,23,24). The maximum Gasteiger partial charge on any atom is 0.358 e. The molecule has 2 aromatic rings. The van der Waals surface area contributed by atoms with Gasteiger partial charge in [0.2, 0.25) is 0 Å². The largest absolute Gasteiger partial charge is 0.476 e. The van der Waals surface area contributed by atoms with Crippen molar-refractivity contribution in [1.82, 2.24) is 19.9 Å². The van der Waals surface area contributed by atoms with Crippen LogP contribution in [0.1, 0.15) is 45.3 Å². The van der Waals surface area contributed by atoms with E-state index < -0.39 is 5.97 Å². The molecular weight excluding hydrogens is 332 g/mol. The summed E-state index contributed by atoms with van der Waals surface area (Å²) in [5.41, 5.74) is 1.45. The van der Waals surface area contributed by atoms with Gasteiger partial charge in [-0.25, -0.2) is 9.48 Å². The topological polar surface area (TPSA) is 88.3 Å². The quantitative estimate of drug-likeness (QED) is 0.920. The Kier molecular flexibility index (Phi) is 4.53. The normalized spacial score (nSPS) is 15.5. The lowest BCUT2D eigenvalue weighted by molar-refractivity contribution is 0.0684. The van der Waals surface area contributed by atoms with Gasteiger partial charge in [-0.2, -0.15) is 0 Å². The van der Waals surface area contributed by atoms with Crippen molar-refractivity contribution in [2.45, 2.75) is 25.8 Å². The van der Waals surface area contributed by atoms with Crippen molar-refractivity contribution in [3.05, 3.63) is 46.2 Å². The second-order valence-electron chi connectivity index (χ2n) is 5.90. The molecule has 0 aliphatic carbocycles. The third kappa shape index (κ3) is 3.26. The fourth-order valence-electron chi connectivity index (χ4n) is 2.85. The number of hydrogen-bond donors (Lipinski definition) is 1. The highest BCUT2D eigenvalue weighted by Crippen LogP contribution is 2.25. The molecule has 3 rings (SSSR count). The Hall–Kier alpha value is -2.41. The molecule has 7 nitrogen and oxygen atoms in total. The number of halogens is 1. The number of benzene rings is 1. The Bertz CT molecular complexity index is 781. The first kappa shape index (κ1) is 16.4. The number of aryl methyl sites for hydroxylation is 1. The zero-order valence-corrected chi connectivity index (χ0v) is 13.9. The van der Waals surface area contributed by atoms with Crippen LogP contribution in [-0.2, 0) is 0 Å². The van der Waals surface area contributed by atoms with Crippen LogP contribution < -0.4 is 0 Å². The number of aromatic carboxylic acids is 1. The maximum absolute atomic E-state index is 12.6. The summed E-state index contributed by atoms with van der Waals surface area (Å²) >= 11 is 6.18. The third-order valence-electron chi connectivity index (χ3n) is 4.21. The van der Waals surface area contributed by atoms with E-state index >= 15 is 0 Å². The van der Waals surface area contributed by atoms with E-state index in [2.05, 4.69) is 10.3 Å². The summed E-state index contributed by atoms with van der Waals surface area (Å²) in [6.45, 7) is 3.06. The minimum absolute atomic E-state index is 0.0446. The molecule has 0 bridgehead atoms. The Morgan fingerprint density at radius 1 is 1.29 bits per heavy atom. The zero-order valence-electron chi connectivity index (χ0n) is 13.1. The average molecular weight is 349 g/mol. The van der Waals surface area contributed by atoms with Gasteiger partial charge in [0.25, 0.3) is 5.91 Å². The number of likely N-dealkylation sites (tertiary alicyclic amines) is 1. The summed E-state index contributed by atoms with van der Waals surface area (Å²) in [6, 6.07) is 5.45. The molecule has 0 saturated carbocycles. The highest BCUT2D eigenvalue weighted by Gasteiger charge is 2.26. The van der Waals surface area contributed by atoms with Gasteiger partial charge in [-0.05, 0) is 37.5 Å². The number of carbonyl (C=O) groups is 2. The molecule has 1 amide bonds. The number of carbonyl (C=O) groups excluding carboxylic acids is 1. The van der Waals surface area contributed by atoms with E-state index in [0.29, 0.717) is 36.5 Å². The molecule has 0 radical (unpaired) electrons. The molecule has 1 fully saturated rings. The zero-order chi connectivity index (χ0) is 17.3. The summed E-state index contributed by atoms with van der Waals surface area (Å²) in [4.78, 5) is 25.2. The summed E-state index contributed by atoms with van der Waals surface area (Å²) < 4.78 is 1.57. The molecule has 0 unspecified atom stereocenters. The second-order valence-corrected chi connectivity index (χ2v) is 6.30. The lowest BCUT2D eigenvalue weighted by Crippen LogP contribution is -2.39. The molecule has 8 heteroatoms. The molecule has 1 aliphatic rings. The molecule has 2 heterocycles. The monoisotopic (exact) mass is 348 g/mol. The van der Waals surface area contributed by atoms with E-state index in [-0.39, 0.29) is 17.6 Å². The minimum atomic E-state index is -1.09. The number of carboxylic acids is 1. The Morgan fingerprint density at radius 2 is 2.00 bits per heavy atom. The SMILES string of the molecule is Cc1ccc(C(=O)N2CCC(n3cc(C(=O)O)nn3)CC2)c(Cl)c1. The lowest BCUT2D eigenvalue weighted by atomic mass is 10.0. The first-order chi connectivity index (χ1) is 11.5. The molecular formula is C16H17ClN4O3. The second kappa shape index (κ2) is 6.60. The van der Waals surface area contributed by atoms with Gasteiger partial charge >= 0.3 is 5.97 Å². The van der Waals surface area contributed by atoms with Crippen molar-refractivity contribution in [3.8, 4) is 0 Å². The number of nitrogens with zero attached hydrogens (tertiary/aromatic N) is 4. The van der Waals surface area contributed by atoms with E-state index in [1.165, 1.54) is 6.20 Å². The molecule has 24 heavy (non-hydrogen) atoms. The Labute approximate surface area is 143 Å². The first-order valence-electron chi connectivity index (χ1n) is 7.66. The minimum Gasteiger partial charge on any atom is -0.476 e. The van der Waals surface area contributed by atoms with Gasteiger partial charge in [0.1, 0.15) is 0 Å². The fraction of sp³-hybridized carbons (Fsp3) is 0.375. The van der Waals surface area contributed by atoms with E-state index in [9.17, 15) is 9.59 Å². The van der Waals surface area contributed by atoms with Crippen LogP contribution in [0, 0.1) is 6.92 Å². The average Bonchev–Trinajstić information content (AvgIpc) is 3.05. The molecule has 1 aromatic carbocycles. The van der Waals surface area contributed by atoms with Crippen LogP contribution in [0.15, 0.2) is 24.4 Å². The van der Waals surface area contributed by atoms with E-state index in [4.69, 9.17) is 16.7 Å². The van der Waals surface area contributed by atoms with Gasteiger partial charge in [-0.3, -0.25) is 4.79 Å². The number of rotatable bonds is 3. The first-order valence-corrected chi connectivity index (χ1v) is 8.04. The molecule has 1 aliphatic heterocycles. The van der Waals surface area contributed by atoms with Crippen molar-refractivity contribution in [2.24, 2.45) is 0 Å². The summed E-state index contributed by atoms with van der Waals surface area (Å²) in [5, 5.41) is 16.9. The van der Waals surface area contributed by atoms with Crippen LogP contribution >= 0.6 is 11.6 Å². The fourth-order valence-corrected chi connectivity index (χ4v) is 3.17. The Balaban J connectivity index is 1.65. The van der Waals surface area contributed by atoms with Crippen molar-refractivity contribution in [2.75, 3.05) is 13.1 Å². The highest BCUT2D eigenvalue weighted by molar-refractivity contribution is 6.33. The predicted octanol–water partition coefficient (Wildman–Crippen LogP) is 2.42. The van der Waals surface area contributed by atoms with Gasteiger partial charge < -0.3 is 10.0 Å². The van der Waals surface area contributed by atoms with Gasteiger partial charge in [0.15, 0.2) is 5.69 Å². The van der Waals surface area contributed by atoms with Crippen molar-refractivity contribution < 1.29 is 14.7 Å². The van der Waals surface area contributed by atoms with Crippen LogP contribution in [0.3, 0.4) is 0 Å². The van der Waals surface area contributed by atoms with Gasteiger partial charge in [0.05, 0.1) is 22.8 Å². The third-order valence-corrected chi connectivity index (χ3v) is 4.52. The molecule has 0 atom stereocenters. The maximum atomic E-state index is 12.6. The molecule has 126 valence electrons.